The highest BCUT2D eigenvalue weighted by molar-refractivity contribution is 7.10. The molecule has 0 aromatic carbocycles. The molecule has 2 heterocycles. The lowest BCUT2D eigenvalue weighted by Crippen LogP contribution is -2.44. The molecule has 1 atom stereocenters. The monoisotopic (exact) mass is 344 g/mol. The highest BCUT2D eigenvalue weighted by Crippen LogP contribution is 2.65. The van der Waals surface area contributed by atoms with E-state index in [1.54, 1.807) is 24.0 Å². The molecular weight excluding hydrogens is 320 g/mol. The molecule has 128 valence electrons. The summed E-state index contributed by atoms with van der Waals surface area (Å²) in [4.78, 5) is 14.3. The first-order chi connectivity index (χ1) is 11.5. The standard InChI is InChI=1S/C18H24N4OS/c1-17(2)10-18(17,15-4-3-9-24-15)16(23)21-13-5-7-14(8-6-13)22-11-19-20-12-22/h3-4,9,11-14H,5-8,10H2,1-2H3,(H,21,23)/t13?,14?,18-/m0/s1. The lowest BCUT2D eigenvalue weighted by Gasteiger charge is -2.31. The summed E-state index contributed by atoms with van der Waals surface area (Å²) < 4.78 is 2.09. The van der Waals surface area contributed by atoms with Gasteiger partial charge >= 0.3 is 0 Å². The van der Waals surface area contributed by atoms with Crippen LogP contribution in [-0.2, 0) is 10.2 Å². The number of aromatic nitrogens is 3. The number of hydrogen-bond donors (Lipinski definition) is 1. The Kier molecular flexibility index (Phi) is 3.75. The van der Waals surface area contributed by atoms with Gasteiger partial charge in [0.1, 0.15) is 12.7 Å². The average Bonchev–Trinajstić information content (AvgIpc) is 3.08. The Bertz CT molecular complexity index is 701. The molecule has 2 aromatic heterocycles. The van der Waals surface area contributed by atoms with Crippen LogP contribution >= 0.6 is 11.3 Å². The summed E-state index contributed by atoms with van der Waals surface area (Å²) in [6, 6.07) is 4.92. The molecule has 2 fully saturated rings. The molecule has 0 spiro atoms. The van der Waals surface area contributed by atoms with Crippen LogP contribution in [0.2, 0.25) is 0 Å². The maximum absolute atomic E-state index is 13.1. The number of nitrogens with zero attached hydrogens (tertiary/aromatic N) is 3. The van der Waals surface area contributed by atoms with Crippen LogP contribution in [0, 0.1) is 5.41 Å². The quantitative estimate of drug-likeness (QED) is 0.926. The SMILES string of the molecule is CC1(C)C[C@@]1(C(=O)NC1CCC(n2cnnc2)CC1)c1cccs1. The lowest BCUT2D eigenvalue weighted by atomic mass is 9.88. The van der Waals surface area contributed by atoms with E-state index in [1.807, 2.05) is 6.07 Å². The predicted molar refractivity (Wildman–Crippen MR) is 93.9 cm³/mol. The summed E-state index contributed by atoms with van der Waals surface area (Å²) in [6.07, 6.45) is 8.72. The normalized spacial score (nSPS) is 31.6. The van der Waals surface area contributed by atoms with Gasteiger partial charge in [-0.15, -0.1) is 21.5 Å². The number of hydrogen-bond acceptors (Lipinski definition) is 4. The van der Waals surface area contributed by atoms with Crippen LogP contribution < -0.4 is 5.32 Å². The van der Waals surface area contributed by atoms with Gasteiger partial charge in [-0.1, -0.05) is 19.9 Å². The molecule has 0 radical (unpaired) electrons. The lowest BCUT2D eigenvalue weighted by molar-refractivity contribution is -0.125. The van der Waals surface area contributed by atoms with Crippen LogP contribution in [-0.4, -0.2) is 26.7 Å². The Morgan fingerprint density at radius 2 is 1.92 bits per heavy atom. The molecule has 5 nitrogen and oxygen atoms in total. The van der Waals surface area contributed by atoms with E-state index in [-0.39, 0.29) is 16.7 Å². The second kappa shape index (κ2) is 5.69. The van der Waals surface area contributed by atoms with Gasteiger partial charge in [0.15, 0.2) is 0 Å². The average molecular weight is 344 g/mol. The van der Waals surface area contributed by atoms with Gasteiger partial charge in [-0.25, -0.2) is 0 Å². The fraction of sp³-hybridized carbons (Fsp3) is 0.611. The van der Waals surface area contributed by atoms with E-state index < -0.39 is 0 Å². The van der Waals surface area contributed by atoms with Gasteiger partial charge in [0.2, 0.25) is 5.91 Å². The summed E-state index contributed by atoms with van der Waals surface area (Å²) in [5.74, 6) is 0.225. The van der Waals surface area contributed by atoms with Crippen LogP contribution in [0.15, 0.2) is 30.2 Å². The summed E-state index contributed by atoms with van der Waals surface area (Å²) in [7, 11) is 0. The van der Waals surface area contributed by atoms with E-state index in [0.29, 0.717) is 12.1 Å². The summed E-state index contributed by atoms with van der Waals surface area (Å²) in [5, 5.41) is 13.2. The molecule has 0 bridgehead atoms. The zero-order valence-electron chi connectivity index (χ0n) is 14.2. The van der Waals surface area contributed by atoms with E-state index in [4.69, 9.17) is 0 Å². The second-order valence-electron chi connectivity index (χ2n) is 7.83. The van der Waals surface area contributed by atoms with Crippen LogP contribution in [0.5, 0.6) is 0 Å². The van der Waals surface area contributed by atoms with Crippen molar-refractivity contribution in [2.24, 2.45) is 5.41 Å². The summed E-state index contributed by atoms with van der Waals surface area (Å²) >= 11 is 1.71. The number of carbonyl (C=O) groups excluding carboxylic acids is 1. The van der Waals surface area contributed by atoms with Crippen molar-refractivity contribution in [1.29, 1.82) is 0 Å². The predicted octanol–water partition coefficient (Wildman–Crippen LogP) is 3.31. The van der Waals surface area contributed by atoms with Crippen LogP contribution in [0.3, 0.4) is 0 Å². The third-order valence-electron chi connectivity index (χ3n) is 5.96. The summed E-state index contributed by atoms with van der Waals surface area (Å²) in [5.41, 5.74) is -0.256. The van der Waals surface area contributed by atoms with Gasteiger partial charge in [-0.3, -0.25) is 4.79 Å². The Hall–Kier alpha value is -1.69. The van der Waals surface area contributed by atoms with E-state index in [9.17, 15) is 4.79 Å². The van der Waals surface area contributed by atoms with Crippen LogP contribution in [0.4, 0.5) is 0 Å². The van der Waals surface area contributed by atoms with Crippen molar-refractivity contribution in [1.82, 2.24) is 20.1 Å². The van der Waals surface area contributed by atoms with Gasteiger partial charge in [-0.05, 0) is 49.0 Å². The zero-order chi connectivity index (χ0) is 16.8. The smallest absolute Gasteiger partial charge is 0.232 e. The Labute approximate surface area is 146 Å². The minimum absolute atomic E-state index is 0.0572. The minimum atomic E-state index is -0.313. The van der Waals surface area contributed by atoms with Gasteiger partial charge < -0.3 is 9.88 Å². The molecule has 1 N–H and O–H groups in total. The number of rotatable bonds is 4. The molecule has 0 unspecified atom stereocenters. The van der Waals surface area contributed by atoms with Crippen LogP contribution in [0.1, 0.15) is 56.9 Å². The second-order valence-corrected chi connectivity index (χ2v) is 8.78. The first-order valence-corrected chi connectivity index (χ1v) is 9.60. The molecule has 2 saturated carbocycles. The maximum Gasteiger partial charge on any atom is 0.232 e. The van der Waals surface area contributed by atoms with Gasteiger partial charge in [0, 0.05) is 17.0 Å². The van der Waals surface area contributed by atoms with Crippen molar-refractivity contribution in [3.05, 3.63) is 35.0 Å². The third-order valence-corrected chi connectivity index (χ3v) is 6.99. The topological polar surface area (TPSA) is 59.8 Å². The Morgan fingerprint density at radius 3 is 2.46 bits per heavy atom. The van der Waals surface area contributed by atoms with Gasteiger partial charge in [-0.2, -0.15) is 0 Å². The van der Waals surface area contributed by atoms with Crippen molar-refractivity contribution in [3.63, 3.8) is 0 Å². The molecule has 6 heteroatoms. The fourth-order valence-electron chi connectivity index (χ4n) is 4.28. The van der Waals surface area contributed by atoms with Gasteiger partial charge in [0.25, 0.3) is 0 Å². The van der Waals surface area contributed by atoms with E-state index >= 15 is 0 Å². The van der Waals surface area contributed by atoms with E-state index in [2.05, 4.69) is 45.4 Å². The highest BCUT2D eigenvalue weighted by atomic mass is 32.1. The van der Waals surface area contributed by atoms with E-state index in [0.717, 1.165) is 32.1 Å². The molecular formula is C18H24N4OS. The number of thiophene rings is 1. The van der Waals surface area contributed by atoms with Crippen molar-refractivity contribution >= 4 is 17.2 Å². The Balaban J connectivity index is 1.40. The Morgan fingerprint density at radius 1 is 1.25 bits per heavy atom. The number of amides is 1. The molecule has 0 aliphatic heterocycles. The molecule has 1 amide bonds. The number of nitrogens with one attached hydrogen (secondary N) is 1. The molecule has 2 aromatic rings. The molecule has 24 heavy (non-hydrogen) atoms. The molecule has 4 rings (SSSR count). The first kappa shape index (κ1) is 15.8. The minimum Gasteiger partial charge on any atom is -0.353 e. The molecule has 0 saturated heterocycles. The largest absolute Gasteiger partial charge is 0.353 e. The summed E-state index contributed by atoms with van der Waals surface area (Å²) in [6.45, 7) is 4.41. The van der Waals surface area contributed by atoms with E-state index in [1.165, 1.54) is 4.88 Å². The fourth-order valence-corrected chi connectivity index (χ4v) is 5.39. The highest BCUT2D eigenvalue weighted by Gasteiger charge is 2.67. The number of carbonyl (C=O) groups is 1. The first-order valence-electron chi connectivity index (χ1n) is 8.72. The third kappa shape index (κ3) is 2.48. The van der Waals surface area contributed by atoms with Crippen molar-refractivity contribution in [2.75, 3.05) is 0 Å². The maximum atomic E-state index is 13.1. The van der Waals surface area contributed by atoms with Crippen molar-refractivity contribution < 1.29 is 4.79 Å². The van der Waals surface area contributed by atoms with Crippen molar-refractivity contribution in [3.8, 4) is 0 Å². The molecule has 2 aliphatic carbocycles. The van der Waals surface area contributed by atoms with Gasteiger partial charge in [0.05, 0.1) is 5.41 Å². The van der Waals surface area contributed by atoms with Crippen molar-refractivity contribution in [2.45, 2.75) is 63.5 Å². The molecule has 2 aliphatic rings. The zero-order valence-corrected chi connectivity index (χ0v) is 15.1. The van der Waals surface area contributed by atoms with Crippen LogP contribution in [0.25, 0.3) is 0 Å².